The van der Waals surface area contributed by atoms with Gasteiger partial charge in [0.15, 0.2) is 0 Å². The molecule has 0 aromatic carbocycles. The number of nitrogens with zero attached hydrogens (tertiary/aromatic N) is 1. The lowest BCUT2D eigenvalue weighted by Gasteiger charge is -2.59. The van der Waals surface area contributed by atoms with Crippen LogP contribution in [0.25, 0.3) is 0 Å². The number of hydrogen-bond donors (Lipinski definition) is 1. The number of ether oxygens (including phenoxy) is 1. The third-order valence-electron chi connectivity index (χ3n) is 5.18. The molecule has 1 N–H and O–H groups in total. The van der Waals surface area contributed by atoms with Gasteiger partial charge in [0.25, 0.3) is 0 Å². The quantitative estimate of drug-likeness (QED) is 0.876. The van der Waals surface area contributed by atoms with E-state index in [0.717, 1.165) is 25.0 Å². The lowest BCUT2D eigenvalue weighted by atomic mass is 9.56. The normalized spacial score (nSPS) is 27.0. The van der Waals surface area contributed by atoms with Crippen molar-refractivity contribution in [2.24, 2.45) is 5.41 Å². The number of aryl methyl sites for hydroxylation is 1. The van der Waals surface area contributed by atoms with E-state index in [1.807, 2.05) is 18.2 Å². The lowest BCUT2D eigenvalue weighted by molar-refractivity contribution is -0.182. The molecule has 1 fully saturated rings. The fourth-order valence-corrected chi connectivity index (χ4v) is 2.97. The van der Waals surface area contributed by atoms with Crippen molar-refractivity contribution in [1.82, 2.24) is 10.3 Å². The standard InChI is InChI=1S/C17H26N2O2/c1-16(2)14(12-17(16,3)21-4)19-15(20)10-7-9-13-8-5-6-11-18-13/h5-6,8,11,14H,7,9-10,12H2,1-4H3,(H,19,20)/t14-,17+/m0/s1. The highest BCUT2D eigenvalue weighted by molar-refractivity contribution is 5.76. The van der Waals surface area contributed by atoms with Gasteiger partial charge in [-0.3, -0.25) is 9.78 Å². The van der Waals surface area contributed by atoms with Crippen molar-refractivity contribution in [3.63, 3.8) is 0 Å². The number of hydrogen-bond acceptors (Lipinski definition) is 3. The molecule has 0 spiro atoms. The van der Waals surface area contributed by atoms with Crippen molar-refractivity contribution in [3.8, 4) is 0 Å². The average molecular weight is 290 g/mol. The predicted octanol–water partition coefficient (Wildman–Crippen LogP) is 2.72. The van der Waals surface area contributed by atoms with Crippen LogP contribution in [0.3, 0.4) is 0 Å². The zero-order valence-electron chi connectivity index (χ0n) is 13.5. The molecule has 1 aliphatic rings. The van der Waals surface area contributed by atoms with E-state index < -0.39 is 0 Å². The van der Waals surface area contributed by atoms with E-state index in [2.05, 4.69) is 31.1 Å². The Bertz CT molecular complexity index is 487. The molecule has 1 saturated carbocycles. The van der Waals surface area contributed by atoms with Crippen LogP contribution in [0.15, 0.2) is 24.4 Å². The zero-order chi connectivity index (χ0) is 15.5. The highest BCUT2D eigenvalue weighted by atomic mass is 16.5. The first-order chi connectivity index (χ1) is 9.89. The molecular formula is C17H26N2O2. The van der Waals surface area contributed by atoms with Crippen LogP contribution in [-0.2, 0) is 16.0 Å². The minimum Gasteiger partial charge on any atom is -0.378 e. The van der Waals surface area contributed by atoms with Gasteiger partial charge in [0.1, 0.15) is 0 Å². The zero-order valence-corrected chi connectivity index (χ0v) is 13.5. The number of carbonyl (C=O) groups is 1. The van der Waals surface area contributed by atoms with Gasteiger partial charge in [-0.2, -0.15) is 0 Å². The summed E-state index contributed by atoms with van der Waals surface area (Å²) >= 11 is 0. The van der Waals surface area contributed by atoms with Gasteiger partial charge < -0.3 is 10.1 Å². The minimum absolute atomic E-state index is 0.0294. The van der Waals surface area contributed by atoms with E-state index in [1.54, 1.807) is 13.3 Å². The maximum atomic E-state index is 12.1. The highest BCUT2D eigenvalue weighted by Crippen LogP contribution is 2.51. The Balaban J connectivity index is 1.74. The first-order valence-corrected chi connectivity index (χ1v) is 7.63. The monoisotopic (exact) mass is 290 g/mol. The second kappa shape index (κ2) is 6.14. The summed E-state index contributed by atoms with van der Waals surface area (Å²) in [6.07, 6.45) is 4.89. The Labute approximate surface area is 127 Å². The molecule has 4 heteroatoms. The number of methoxy groups -OCH3 is 1. The molecule has 116 valence electrons. The molecule has 0 saturated heterocycles. The molecular weight excluding hydrogens is 264 g/mol. The van der Waals surface area contributed by atoms with Crippen molar-refractivity contribution in [2.75, 3.05) is 7.11 Å². The summed E-state index contributed by atoms with van der Waals surface area (Å²) in [7, 11) is 1.74. The SMILES string of the molecule is CO[C@]1(C)C[C@H](NC(=O)CCCc2ccccn2)C1(C)C. The molecule has 0 radical (unpaired) electrons. The lowest BCUT2D eigenvalue weighted by Crippen LogP contribution is -2.68. The summed E-state index contributed by atoms with van der Waals surface area (Å²) in [6.45, 7) is 6.41. The molecule has 0 unspecified atom stereocenters. The maximum Gasteiger partial charge on any atom is 0.220 e. The van der Waals surface area contributed by atoms with E-state index in [0.29, 0.717) is 6.42 Å². The Kier molecular flexibility index (Phi) is 4.67. The van der Waals surface area contributed by atoms with Crippen molar-refractivity contribution < 1.29 is 9.53 Å². The second-order valence-electron chi connectivity index (χ2n) is 6.66. The molecule has 0 aliphatic heterocycles. The minimum atomic E-state index is -0.140. The molecule has 2 atom stereocenters. The molecule has 1 amide bonds. The fraction of sp³-hybridized carbons (Fsp3) is 0.647. The van der Waals surface area contributed by atoms with E-state index in [4.69, 9.17) is 4.74 Å². The summed E-state index contributed by atoms with van der Waals surface area (Å²) in [5.41, 5.74) is 0.873. The van der Waals surface area contributed by atoms with Gasteiger partial charge in [0, 0.05) is 36.9 Å². The van der Waals surface area contributed by atoms with Gasteiger partial charge in [0.05, 0.1) is 5.60 Å². The topological polar surface area (TPSA) is 51.2 Å². The van der Waals surface area contributed by atoms with E-state index in [-0.39, 0.29) is 23.0 Å². The van der Waals surface area contributed by atoms with Crippen molar-refractivity contribution >= 4 is 5.91 Å². The number of nitrogens with one attached hydrogen (secondary N) is 1. The van der Waals surface area contributed by atoms with Gasteiger partial charge in [-0.1, -0.05) is 19.9 Å². The summed E-state index contributed by atoms with van der Waals surface area (Å²) in [5, 5.41) is 3.14. The summed E-state index contributed by atoms with van der Waals surface area (Å²) in [4.78, 5) is 16.3. The fourth-order valence-electron chi connectivity index (χ4n) is 2.97. The van der Waals surface area contributed by atoms with Crippen LogP contribution in [0.4, 0.5) is 0 Å². The molecule has 1 heterocycles. The Morgan fingerprint density at radius 1 is 1.43 bits per heavy atom. The van der Waals surface area contributed by atoms with Gasteiger partial charge >= 0.3 is 0 Å². The van der Waals surface area contributed by atoms with Gasteiger partial charge in [0.2, 0.25) is 5.91 Å². The molecule has 1 aliphatic carbocycles. The van der Waals surface area contributed by atoms with E-state index >= 15 is 0 Å². The Morgan fingerprint density at radius 3 is 2.76 bits per heavy atom. The maximum absolute atomic E-state index is 12.1. The number of amides is 1. The average Bonchev–Trinajstić information content (AvgIpc) is 2.47. The molecule has 1 aromatic rings. The first-order valence-electron chi connectivity index (χ1n) is 7.63. The number of carbonyl (C=O) groups excluding carboxylic acids is 1. The number of aromatic nitrogens is 1. The van der Waals surface area contributed by atoms with Gasteiger partial charge in [-0.25, -0.2) is 0 Å². The van der Waals surface area contributed by atoms with Crippen LogP contribution in [0.2, 0.25) is 0 Å². The second-order valence-corrected chi connectivity index (χ2v) is 6.66. The third kappa shape index (κ3) is 3.26. The van der Waals surface area contributed by atoms with Crippen LogP contribution in [0, 0.1) is 5.41 Å². The van der Waals surface area contributed by atoms with Crippen LogP contribution in [0.5, 0.6) is 0 Å². The molecule has 2 rings (SSSR count). The van der Waals surface area contributed by atoms with Crippen LogP contribution in [-0.4, -0.2) is 29.6 Å². The van der Waals surface area contributed by atoms with E-state index in [9.17, 15) is 4.79 Å². The summed E-state index contributed by atoms with van der Waals surface area (Å²) < 4.78 is 5.58. The van der Waals surface area contributed by atoms with Gasteiger partial charge in [-0.05, 0) is 38.3 Å². The van der Waals surface area contributed by atoms with Crippen molar-refractivity contribution in [3.05, 3.63) is 30.1 Å². The predicted molar refractivity (Wildman–Crippen MR) is 82.9 cm³/mol. The smallest absolute Gasteiger partial charge is 0.220 e. The number of rotatable bonds is 6. The molecule has 1 aromatic heterocycles. The molecule has 4 nitrogen and oxygen atoms in total. The third-order valence-corrected chi connectivity index (χ3v) is 5.18. The number of pyridine rings is 1. The Morgan fingerprint density at radius 2 is 2.19 bits per heavy atom. The molecule has 21 heavy (non-hydrogen) atoms. The molecule has 0 bridgehead atoms. The van der Waals surface area contributed by atoms with Crippen molar-refractivity contribution in [1.29, 1.82) is 0 Å². The largest absolute Gasteiger partial charge is 0.378 e. The highest BCUT2D eigenvalue weighted by Gasteiger charge is 2.58. The Hall–Kier alpha value is -1.42. The first kappa shape index (κ1) is 16.0. The van der Waals surface area contributed by atoms with Crippen molar-refractivity contribution in [2.45, 2.75) is 58.1 Å². The van der Waals surface area contributed by atoms with Crippen LogP contribution in [0.1, 0.15) is 45.7 Å². The van der Waals surface area contributed by atoms with Gasteiger partial charge in [-0.15, -0.1) is 0 Å². The van der Waals surface area contributed by atoms with E-state index in [1.165, 1.54) is 0 Å². The summed E-state index contributed by atoms with van der Waals surface area (Å²) in [6, 6.07) is 6.08. The van der Waals surface area contributed by atoms with Crippen LogP contribution < -0.4 is 5.32 Å². The summed E-state index contributed by atoms with van der Waals surface area (Å²) in [5.74, 6) is 0.127. The van der Waals surface area contributed by atoms with Crippen LogP contribution >= 0.6 is 0 Å².